The molecule has 0 bridgehead atoms. The van der Waals surface area contributed by atoms with Gasteiger partial charge in [0.1, 0.15) is 0 Å². The summed E-state index contributed by atoms with van der Waals surface area (Å²) >= 11 is 0. The zero-order valence-corrected chi connectivity index (χ0v) is 15.4. The van der Waals surface area contributed by atoms with Crippen LogP contribution >= 0.6 is 0 Å². The molecule has 2 nitrogen and oxygen atoms in total. The second kappa shape index (κ2) is 15.4. The number of hydrogen-bond acceptors (Lipinski definition) is 1. The standard InChI is InChI=1S/C20H40O2/c1-4-7-10-12-14-17-19(20(21)22)18(15-9-6-3)16-13-11-8-5-2/h18-19H,4-17H2,1-3H3,(H,21,22). The van der Waals surface area contributed by atoms with E-state index in [2.05, 4.69) is 20.8 Å². The van der Waals surface area contributed by atoms with E-state index in [9.17, 15) is 9.90 Å². The summed E-state index contributed by atoms with van der Waals surface area (Å²) in [5, 5.41) is 9.65. The van der Waals surface area contributed by atoms with Crippen molar-refractivity contribution in [3.05, 3.63) is 0 Å². The Labute approximate surface area is 139 Å². The van der Waals surface area contributed by atoms with Gasteiger partial charge in [0.15, 0.2) is 0 Å². The highest BCUT2D eigenvalue weighted by Crippen LogP contribution is 2.29. The van der Waals surface area contributed by atoms with Crippen LogP contribution in [0.4, 0.5) is 0 Å². The number of carboxylic acids is 1. The van der Waals surface area contributed by atoms with Crippen LogP contribution in [0.5, 0.6) is 0 Å². The first kappa shape index (κ1) is 21.5. The lowest BCUT2D eigenvalue weighted by atomic mass is 9.81. The minimum absolute atomic E-state index is 0.102. The zero-order valence-electron chi connectivity index (χ0n) is 15.4. The van der Waals surface area contributed by atoms with Crippen LogP contribution in [-0.4, -0.2) is 11.1 Å². The van der Waals surface area contributed by atoms with Crippen LogP contribution in [0.15, 0.2) is 0 Å². The number of carbonyl (C=O) groups is 1. The molecule has 0 radical (unpaired) electrons. The number of aliphatic carboxylic acids is 1. The molecule has 0 fully saturated rings. The van der Waals surface area contributed by atoms with E-state index in [0.717, 1.165) is 25.7 Å². The van der Waals surface area contributed by atoms with Gasteiger partial charge in [-0.2, -0.15) is 0 Å². The van der Waals surface area contributed by atoms with Crippen molar-refractivity contribution in [2.75, 3.05) is 0 Å². The van der Waals surface area contributed by atoms with E-state index in [4.69, 9.17) is 0 Å². The van der Waals surface area contributed by atoms with Crippen molar-refractivity contribution in [3.8, 4) is 0 Å². The third-order valence-electron chi connectivity index (χ3n) is 4.86. The molecule has 0 aromatic rings. The highest BCUT2D eigenvalue weighted by Gasteiger charge is 2.26. The van der Waals surface area contributed by atoms with Crippen LogP contribution < -0.4 is 0 Å². The van der Waals surface area contributed by atoms with Gasteiger partial charge in [-0.3, -0.25) is 4.79 Å². The molecule has 0 aromatic carbocycles. The van der Waals surface area contributed by atoms with Crippen LogP contribution in [0.1, 0.15) is 111 Å². The quantitative estimate of drug-likeness (QED) is 0.317. The molecule has 0 aliphatic heterocycles. The average Bonchev–Trinajstić information content (AvgIpc) is 2.50. The lowest BCUT2D eigenvalue weighted by Crippen LogP contribution is -2.24. The van der Waals surface area contributed by atoms with Crippen molar-refractivity contribution < 1.29 is 9.90 Å². The van der Waals surface area contributed by atoms with Gasteiger partial charge in [0.05, 0.1) is 5.92 Å². The maximum Gasteiger partial charge on any atom is 0.306 e. The molecule has 2 atom stereocenters. The largest absolute Gasteiger partial charge is 0.481 e. The first-order valence-electron chi connectivity index (χ1n) is 9.90. The molecule has 0 saturated carbocycles. The second-order valence-corrected chi connectivity index (χ2v) is 6.90. The van der Waals surface area contributed by atoms with Crippen molar-refractivity contribution in [1.29, 1.82) is 0 Å². The average molecular weight is 313 g/mol. The van der Waals surface area contributed by atoms with Gasteiger partial charge < -0.3 is 5.11 Å². The molecule has 2 unspecified atom stereocenters. The summed E-state index contributed by atoms with van der Waals surface area (Å²) in [5.41, 5.74) is 0. The Bertz CT molecular complexity index is 250. The molecule has 0 rings (SSSR count). The monoisotopic (exact) mass is 312 g/mol. The third-order valence-corrected chi connectivity index (χ3v) is 4.86. The van der Waals surface area contributed by atoms with E-state index in [0.29, 0.717) is 5.92 Å². The molecule has 0 amide bonds. The minimum Gasteiger partial charge on any atom is -0.481 e. The Balaban J connectivity index is 4.31. The number of rotatable bonds is 16. The summed E-state index contributed by atoms with van der Waals surface area (Å²) in [6, 6.07) is 0. The summed E-state index contributed by atoms with van der Waals surface area (Å²) in [6.07, 6.45) is 16.6. The Morgan fingerprint density at radius 2 is 1.14 bits per heavy atom. The van der Waals surface area contributed by atoms with Gasteiger partial charge in [-0.05, 0) is 25.2 Å². The highest BCUT2D eigenvalue weighted by molar-refractivity contribution is 5.70. The third kappa shape index (κ3) is 11.1. The van der Waals surface area contributed by atoms with Gasteiger partial charge in [0, 0.05) is 0 Å². The first-order valence-corrected chi connectivity index (χ1v) is 9.90. The van der Waals surface area contributed by atoms with E-state index in [-0.39, 0.29) is 5.92 Å². The van der Waals surface area contributed by atoms with Crippen molar-refractivity contribution in [2.24, 2.45) is 11.8 Å². The van der Waals surface area contributed by atoms with Gasteiger partial charge in [-0.15, -0.1) is 0 Å². The molecule has 0 spiro atoms. The molecule has 0 aliphatic carbocycles. The Morgan fingerprint density at radius 1 is 0.682 bits per heavy atom. The fourth-order valence-corrected chi connectivity index (χ4v) is 3.37. The predicted molar refractivity (Wildman–Crippen MR) is 96.3 cm³/mol. The summed E-state index contributed by atoms with van der Waals surface area (Å²) in [6.45, 7) is 6.65. The van der Waals surface area contributed by atoms with E-state index in [1.807, 2.05) is 0 Å². The first-order chi connectivity index (χ1) is 10.7. The van der Waals surface area contributed by atoms with Gasteiger partial charge in [0.25, 0.3) is 0 Å². The van der Waals surface area contributed by atoms with Crippen molar-refractivity contribution in [1.82, 2.24) is 0 Å². The fourth-order valence-electron chi connectivity index (χ4n) is 3.37. The molecule has 0 aromatic heterocycles. The van der Waals surface area contributed by atoms with Crippen molar-refractivity contribution in [2.45, 2.75) is 111 Å². The Morgan fingerprint density at radius 3 is 1.68 bits per heavy atom. The molecule has 0 aliphatic rings. The van der Waals surface area contributed by atoms with Crippen molar-refractivity contribution in [3.63, 3.8) is 0 Å². The van der Waals surface area contributed by atoms with Crippen LogP contribution in [0.2, 0.25) is 0 Å². The van der Waals surface area contributed by atoms with Gasteiger partial charge in [0.2, 0.25) is 0 Å². The highest BCUT2D eigenvalue weighted by atomic mass is 16.4. The van der Waals surface area contributed by atoms with Crippen LogP contribution in [-0.2, 0) is 4.79 Å². The van der Waals surface area contributed by atoms with Crippen LogP contribution in [0, 0.1) is 11.8 Å². The van der Waals surface area contributed by atoms with Gasteiger partial charge >= 0.3 is 5.97 Å². The normalized spacial score (nSPS) is 14.0. The van der Waals surface area contributed by atoms with Gasteiger partial charge in [-0.25, -0.2) is 0 Å². The smallest absolute Gasteiger partial charge is 0.306 e. The summed E-state index contributed by atoms with van der Waals surface area (Å²) in [7, 11) is 0. The summed E-state index contributed by atoms with van der Waals surface area (Å²) < 4.78 is 0. The SMILES string of the molecule is CCCCCCCC(C(=O)O)C(CCCC)CCCCCC. The zero-order chi connectivity index (χ0) is 16.6. The maximum atomic E-state index is 11.7. The lowest BCUT2D eigenvalue weighted by Gasteiger charge is -2.24. The second-order valence-electron chi connectivity index (χ2n) is 6.90. The van der Waals surface area contributed by atoms with E-state index in [1.165, 1.54) is 64.2 Å². The fraction of sp³-hybridized carbons (Fsp3) is 0.950. The number of hydrogen-bond donors (Lipinski definition) is 1. The molecular weight excluding hydrogens is 272 g/mol. The Kier molecular flexibility index (Phi) is 15.0. The molecule has 0 saturated heterocycles. The van der Waals surface area contributed by atoms with E-state index < -0.39 is 5.97 Å². The summed E-state index contributed by atoms with van der Waals surface area (Å²) in [5.74, 6) is -0.248. The topological polar surface area (TPSA) is 37.3 Å². The molecule has 132 valence electrons. The maximum absolute atomic E-state index is 11.7. The molecule has 2 heteroatoms. The summed E-state index contributed by atoms with van der Waals surface area (Å²) in [4.78, 5) is 11.7. The predicted octanol–water partition coefficient (Wildman–Crippen LogP) is 6.82. The lowest BCUT2D eigenvalue weighted by molar-refractivity contribution is -0.144. The molecule has 22 heavy (non-hydrogen) atoms. The molecular formula is C20H40O2. The minimum atomic E-state index is -0.549. The van der Waals surface area contributed by atoms with Crippen LogP contribution in [0.3, 0.4) is 0 Å². The van der Waals surface area contributed by atoms with Gasteiger partial charge in [-0.1, -0.05) is 91.4 Å². The number of carboxylic acid groups (broad SMARTS) is 1. The van der Waals surface area contributed by atoms with Crippen LogP contribution in [0.25, 0.3) is 0 Å². The Hall–Kier alpha value is -0.530. The molecule has 1 N–H and O–H groups in total. The molecule has 0 heterocycles. The van der Waals surface area contributed by atoms with E-state index >= 15 is 0 Å². The van der Waals surface area contributed by atoms with Crippen molar-refractivity contribution >= 4 is 5.97 Å². The van der Waals surface area contributed by atoms with E-state index in [1.54, 1.807) is 0 Å². The number of unbranched alkanes of at least 4 members (excludes halogenated alkanes) is 8.